The smallest absolute Gasteiger partial charge is 0.239 e. The van der Waals surface area contributed by atoms with E-state index in [-0.39, 0.29) is 42.7 Å². The molecule has 0 spiro atoms. The lowest BCUT2D eigenvalue weighted by molar-refractivity contribution is -0.135. The number of ether oxygens (including phenoxy) is 1. The van der Waals surface area contributed by atoms with E-state index in [0.717, 1.165) is 12.8 Å². The van der Waals surface area contributed by atoms with E-state index >= 15 is 0 Å². The van der Waals surface area contributed by atoms with Gasteiger partial charge in [-0.25, -0.2) is 4.98 Å². The number of rotatable bonds is 4. The number of nitrogens with two attached hydrogens (primary N) is 1. The molecule has 1 amide bonds. The van der Waals surface area contributed by atoms with Crippen LogP contribution in [0, 0.1) is 5.92 Å². The average molecular weight is 385 g/mol. The van der Waals surface area contributed by atoms with Crippen LogP contribution in [0.2, 0.25) is 5.02 Å². The second kappa shape index (κ2) is 10.2. The van der Waals surface area contributed by atoms with Crippen LogP contribution in [-0.4, -0.2) is 41.0 Å². The monoisotopic (exact) mass is 383 g/mol. The van der Waals surface area contributed by atoms with E-state index in [4.69, 9.17) is 22.1 Å². The van der Waals surface area contributed by atoms with Gasteiger partial charge in [-0.1, -0.05) is 25.4 Å². The summed E-state index contributed by atoms with van der Waals surface area (Å²) < 4.78 is 5.81. The Morgan fingerprint density at radius 2 is 1.96 bits per heavy atom. The highest BCUT2D eigenvalue weighted by Gasteiger charge is 2.28. The van der Waals surface area contributed by atoms with Gasteiger partial charge in [0.1, 0.15) is 6.10 Å². The van der Waals surface area contributed by atoms with Crippen molar-refractivity contribution in [1.29, 1.82) is 0 Å². The highest BCUT2D eigenvalue weighted by Crippen LogP contribution is 2.19. The van der Waals surface area contributed by atoms with Crippen molar-refractivity contribution in [3.63, 3.8) is 0 Å². The zero-order valence-electron chi connectivity index (χ0n) is 13.3. The Kier molecular flexibility index (Phi) is 9.85. The first-order valence-electron chi connectivity index (χ1n) is 7.30. The zero-order valence-corrected chi connectivity index (χ0v) is 15.7. The fraction of sp³-hybridized carbons (Fsp3) is 0.600. The van der Waals surface area contributed by atoms with Crippen LogP contribution in [-0.2, 0) is 4.79 Å². The van der Waals surface area contributed by atoms with Crippen molar-refractivity contribution >= 4 is 42.3 Å². The number of likely N-dealkylation sites (tertiary alicyclic amines) is 1. The minimum Gasteiger partial charge on any atom is -0.474 e. The van der Waals surface area contributed by atoms with Crippen molar-refractivity contribution in [2.24, 2.45) is 11.7 Å². The summed E-state index contributed by atoms with van der Waals surface area (Å²) in [4.78, 5) is 18.1. The highest BCUT2D eigenvalue weighted by atomic mass is 35.5. The molecule has 0 bridgehead atoms. The van der Waals surface area contributed by atoms with Crippen LogP contribution < -0.4 is 10.5 Å². The number of carbonyl (C=O) groups excluding carboxylic acids is 1. The summed E-state index contributed by atoms with van der Waals surface area (Å²) in [6.07, 6.45) is 3.23. The van der Waals surface area contributed by atoms with Gasteiger partial charge in [-0.2, -0.15) is 0 Å². The van der Waals surface area contributed by atoms with E-state index in [1.807, 2.05) is 18.7 Å². The summed E-state index contributed by atoms with van der Waals surface area (Å²) in [5, 5.41) is 0.588. The van der Waals surface area contributed by atoms with Crippen molar-refractivity contribution in [2.75, 3.05) is 13.1 Å². The van der Waals surface area contributed by atoms with Gasteiger partial charge < -0.3 is 15.4 Å². The first-order valence-corrected chi connectivity index (χ1v) is 7.67. The molecule has 23 heavy (non-hydrogen) atoms. The fourth-order valence-corrected chi connectivity index (χ4v) is 2.40. The quantitative estimate of drug-likeness (QED) is 0.866. The predicted octanol–water partition coefficient (Wildman–Crippen LogP) is 2.93. The summed E-state index contributed by atoms with van der Waals surface area (Å²) in [5.41, 5.74) is 5.92. The normalized spacial score (nSPS) is 16.3. The molecule has 1 atom stereocenters. The van der Waals surface area contributed by atoms with Crippen molar-refractivity contribution < 1.29 is 9.53 Å². The summed E-state index contributed by atoms with van der Waals surface area (Å²) in [7, 11) is 0. The fourth-order valence-electron chi connectivity index (χ4n) is 2.29. The molecule has 1 fully saturated rings. The van der Waals surface area contributed by atoms with Gasteiger partial charge in [0.25, 0.3) is 0 Å². The Bertz CT molecular complexity index is 477. The van der Waals surface area contributed by atoms with Crippen LogP contribution >= 0.6 is 36.4 Å². The first-order chi connectivity index (χ1) is 9.97. The molecule has 1 aromatic rings. The Labute approximate surface area is 154 Å². The molecule has 2 rings (SSSR count). The number of amides is 1. The molecule has 0 aliphatic carbocycles. The molecule has 2 N–H and O–H groups in total. The molecule has 1 aliphatic rings. The number of halogens is 3. The number of piperidine rings is 1. The van der Waals surface area contributed by atoms with Gasteiger partial charge in [-0.15, -0.1) is 24.8 Å². The Morgan fingerprint density at radius 1 is 1.35 bits per heavy atom. The summed E-state index contributed by atoms with van der Waals surface area (Å²) in [5.74, 6) is 0.765. The summed E-state index contributed by atoms with van der Waals surface area (Å²) >= 11 is 5.79. The van der Waals surface area contributed by atoms with E-state index in [2.05, 4.69) is 4.98 Å². The van der Waals surface area contributed by atoms with E-state index in [9.17, 15) is 4.79 Å². The van der Waals surface area contributed by atoms with Gasteiger partial charge in [0.2, 0.25) is 11.8 Å². The maximum Gasteiger partial charge on any atom is 0.239 e. The van der Waals surface area contributed by atoms with Crippen LogP contribution in [0.1, 0.15) is 26.7 Å². The number of nitrogens with zero attached hydrogens (tertiary/aromatic N) is 2. The predicted molar refractivity (Wildman–Crippen MR) is 96.8 cm³/mol. The van der Waals surface area contributed by atoms with Gasteiger partial charge in [-0.3, -0.25) is 4.79 Å². The van der Waals surface area contributed by atoms with E-state index in [1.165, 1.54) is 0 Å². The minimum atomic E-state index is -0.416. The number of hydrogen-bond acceptors (Lipinski definition) is 4. The van der Waals surface area contributed by atoms with Crippen LogP contribution in [0.25, 0.3) is 0 Å². The molecule has 2 heterocycles. The minimum absolute atomic E-state index is 0. The lowest BCUT2D eigenvalue weighted by Crippen LogP contribution is -2.50. The van der Waals surface area contributed by atoms with Crippen LogP contribution in [0.4, 0.5) is 0 Å². The number of pyridine rings is 1. The van der Waals surface area contributed by atoms with Gasteiger partial charge >= 0.3 is 0 Å². The second-order valence-corrected chi connectivity index (χ2v) is 6.16. The third-order valence-electron chi connectivity index (χ3n) is 3.74. The van der Waals surface area contributed by atoms with Crippen molar-refractivity contribution in [2.45, 2.75) is 38.8 Å². The maximum absolute atomic E-state index is 12.2. The SMILES string of the molecule is CC(C)[C@H](N)C(=O)N1CCC(Oc2ccc(Cl)cn2)CC1.Cl.Cl. The third kappa shape index (κ3) is 6.34. The molecule has 0 saturated carbocycles. The van der Waals surface area contributed by atoms with Crippen molar-refractivity contribution in [1.82, 2.24) is 9.88 Å². The molecule has 0 unspecified atom stereocenters. The molecule has 8 heteroatoms. The molecule has 0 radical (unpaired) electrons. The van der Waals surface area contributed by atoms with E-state index in [0.29, 0.717) is 24.0 Å². The Morgan fingerprint density at radius 3 is 2.43 bits per heavy atom. The van der Waals surface area contributed by atoms with Gasteiger partial charge in [-0.05, 0) is 12.0 Å². The Hall–Kier alpha value is -0.750. The summed E-state index contributed by atoms with van der Waals surface area (Å²) in [6.45, 7) is 5.28. The lowest BCUT2D eigenvalue weighted by Gasteiger charge is -2.34. The Balaban J connectivity index is 0.00000242. The molecule has 0 aromatic carbocycles. The average Bonchev–Trinajstić information content (AvgIpc) is 2.49. The third-order valence-corrected chi connectivity index (χ3v) is 3.97. The summed E-state index contributed by atoms with van der Waals surface area (Å²) in [6, 6.07) is 3.10. The maximum atomic E-state index is 12.2. The molecule has 1 saturated heterocycles. The molecule has 132 valence electrons. The topological polar surface area (TPSA) is 68.5 Å². The molecular formula is C15H24Cl3N3O2. The van der Waals surface area contributed by atoms with E-state index < -0.39 is 6.04 Å². The van der Waals surface area contributed by atoms with Crippen LogP contribution in [0.5, 0.6) is 5.88 Å². The largest absolute Gasteiger partial charge is 0.474 e. The lowest BCUT2D eigenvalue weighted by atomic mass is 10.0. The standard InChI is InChI=1S/C15H22ClN3O2.2ClH/c1-10(2)14(17)15(20)19-7-5-12(6-8-19)21-13-4-3-11(16)9-18-13;;/h3-4,9-10,12,14H,5-8,17H2,1-2H3;2*1H/t14-;;/m0../s1. The van der Waals surface area contributed by atoms with Crippen molar-refractivity contribution in [3.05, 3.63) is 23.4 Å². The number of aromatic nitrogens is 1. The molecule has 1 aliphatic heterocycles. The highest BCUT2D eigenvalue weighted by molar-refractivity contribution is 6.30. The molecule has 5 nitrogen and oxygen atoms in total. The molecule has 1 aromatic heterocycles. The van der Waals surface area contributed by atoms with Crippen LogP contribution in [0.15, 0.2) is 18.3 Å². The van der Waals surface area contributed by atoms with Gasteiger partial charge in [0.05, 0.1) is 11.1 Å². The number of carbonyl (C=O) groups is 1. The van der Waals surface area contributed by atoms with Crippen molar-refractivity contribution in [3.8, 4) is 5.88 Å². The van der Waals surface area contributed by atoms with Gasteiger partial charge in [0.15, 0.2) is 0 Å². The number of hydrogen-bond donors (Lipinski definition) is 1. The molecular weight excluding hydrogens is 361 g/mol. The van der Waals surface area contributed by atoms with Gasteiger partial charge in [0, 0.05) is 38.2 Å². The first kappa shape index (κ1) is 22.2. The second-order valence-electron chi connectivity index (χ2n) is 5.73. The zero-order chi connectivity index (χ0) is 15.4. The van der Waals surface area contributed by atoms with E-state index in [1.54, 1.807) is 18.3 Å². The van der Waals surface area contributed by atoms with Crippen LogP contribution in [0.3, 0.4) is 0 Å².